The second kappa shape index (κ2) is 6.49. The van der Waals surface area contributed by atoms with Crippen LogP contribution in [0.5, 0.6) is 5.75 Å². The van der Waals surface area contributed by atoms with Gasteiger partial charge in [0.15, 0.2) is 11.6 Å². The maximum Gasteiger partial charge on any atom is 0.162 e. The zero-order valence-electron chi connectivity index (χ0n) is 11.5. The van der Waals surface area contributed by atoms with Gasteiger partial charge in [0.05, 0.1) is 17.3 Å². The molecule has 0 unspecified atom stereocenters. The third-order valence-electron chi connectivity index (χ3n) is 3.34. The van der Waals surface area contributed by atoms with E-state index < -0.39 is 11.6 Å². The Hall–Kier alpha value is -1.53. The molecule has 2 aromatic rings. The van der Waals surface area contributed by atoms with Gasteiger partial charge in [-0.1, -0.05) is 0 Å². The lowest BCUT2D eigenvalue weighted by molar-refractivity contribution is 0.308. The minimum Gasteiger partial charge on any atom is -0.493 e. The average molecular weight is 310 g/mol. The molecule has 1 aliphatic heterocycles. The summed E-state index contributed by atoms with van der Waals surface area (Å²) in [7, 11) is 0. The highest BCUT2D eigenvalue weighted by atomic mass is 32.1. The summed E-state index contributed by atoms with van der Waals surface area (Å²) in [6, 6.07) is 3.59. The Labute approximate surface area is 126 Å². The molecule has 1 aliphatic rings. The first-order valence-corrected chi connectivity index (χ1v) is 7.80. The normalized spacial score (nSPS) is 14.0. The summed E-state index contributed by atoms with van der Waals surface area (Å²) in [6.45, 7) is 2.38. The molecule has 0 amide bonds. The van der Waals surface area contributed by atoms with Crippen molar-refractivity contribution in [1.29, 1.82) is 0 Å². The number of benzene rings is 1. The average Bonchev–Trinajstić information content (AvgIpc) is 2.90. The highest BCUT2D eigenvalue weighted by Gasteiger charge is 2.14. The van der Waals surface area contributed by atoms with Gasteiger partial charge in [0.1, 0.15) is 5.75 Å². The van der Waals surface area contributed by atoms with Crippen LogP contribution >= 0.6 is 11.3 Å². The molecule has 3 nitrogen and oxygen atoms in total. The number of aromatic nitrogens is 1. The van der Waals surface area contributed by atoms with E-state index in [0.29, 0.717) is 12.4 Å². The van der Waals surface area contributed by atoms with Crippen molar-refractivity contribution in [2.75, 3.05) is 13.2 Å². The largest absolute Gasteiger partial charge is 0.493 e. The predicted molar refractivity (Wildman–Crippen MR) is 77.7 cm³/mol. The number of hydrogen-bond donors (Lipinski definition) is 1. The summed E-state index contributed by atoms with van der Waals surface area (Å²) in [5.41, 5.74) is 1.22. The Morgan fingerprint density at radius 3 is 3.00 bits per heavy atom. The molecule has 1 aromatic carbocycles. The fourth-order valence-corrected chi connectivity index (χ4v) is 3.39. The minimum atomic E-state index is -0.882. The van der Waals surface area contributed by atoms with Gasteiger partial charge in [-0.3, -0.25) is 0 Å². The number of thiazole rings is 1. The molecule has 2 heterocycles. The van der Waals surface area contributed by atoms with Crippen LogP contribution in [0.1, 0.15) is 22.0 Å². The molecule has 0 bridgehead atoms. The molecule has 0 radical (unpaired) electrons. The van der Waals surface area contributed by atoms with Crippen LogP contribution < -0.4 is 10.1 Å². The van der Waals surface area contributed by atoms with E-state index in [-0.39, 0.29) is 0 Å². The van der Waals surface area contributed by atoms with Gasteiger partial charge in [-0.15, -0.1) is 11.3 Å². The van der Waals surface area contributed by atoms with Crippen molar-refractivity contribution in [2.45, 2.75) is 25.8 Å². The van der Waals surface area contributed by atoms with Crippen molar-refractivity contribution in [3.8, 4) is 5.75 Å². The molecular formula is C15H16F2N2OS. The number of hydrogen-bond acceptors (Lipinski definition) is 4. The third-order valence-corrected chi connectivity index (χ3v) is 4.50. The first kappa shape index (κ1) is 14.4. The maximum atomic E-state index is 13.0. The van der Waals surface area contributed by atoms with E-state index in [1.807, 2.05) is 0 Å². The summed E-state index contributed by atoms with van der Waals surface area (Å²) < 4.78 is 31.2. The maximum absolute atomic E-state index is 13.0. The Bertz CT molecular complexity index is 607. The molecule has 0 saturated carbocycles. The van der Waals surface area contributed by atoms with Crippen LogP contribution in [0.4, 0.5) is 8.78 Å². The number of aryl methyl sites for hydroxylation is 1. The number of rotatable bonds is 5. The quantitative estimate of drug-likeness (QED) is 0.862. The molecule has 1 aromatic heterocycles. The van der Waals surface area contributed by atoms with Crippen molar-refractivity contribution >= 4 is 11.3 Å². The Kier molecular flexibility index (Phi) is 4.45. The number of halogens is 2. The smallest absolute Gasteiger partial charge is 0.162 e. The molecule has 0 atom stereocenters. The summed E-state index contributed by atoms with van der Waals surface area (Å²) in [5, 5.41) is 4.46. The minimum absolute atomic E-state index is 0.358. The van der Waals surface area contributed by atoms with E-state index in [1.165, 1.54) is 16.6 Å². The summed E-state index contributed by atoms with van der Waals surface area (Å²) >= 11 is 1.75. The van der Waals surface area contributed by atoms with Gasteiger partial charge in [0.2, 0.25) is 0 Å². The SMILES string of the molecule is Fc1ccc(OCCCc2nc3c(s2)CNCC3)cc1F. The van der Waals surface area contributed by atoms with E-state index in [9.17, 15) is 8.78 Å². The zero-order valence-corrected chi connectivity index (χ0v) is 12.3. The third kappa shape index (κ3) is 3.57. The van der Waals surface area contributed by atoms with Crippen molar-refractivity contribution < 1.29 is 13.5 Å². The van der Waals surface area contributed by atoms with Crippen LogP contribution in [0, 0.1) is 11.6 Å². The van der Waals surface area contributed by atoms with Crippen molar-refractivity contribution in [1.82, 2.24) is 10.3 Å². The molecule has 0 aliphatic carbocycles. The van der Waals surface area contributed by atoms with E-state index in [0.717, 1.165) is 49.5 Å². The van der Waals surface area contributed by atoms with Gasteiger partial charge < -0.3 is 10.1 Å². The Balaban J connectivity index is 1.47. The number of ether oxygens (including phenoxy) is 1. The summed E-state index contributed by atoms with van der Waals surface area (Å²) in [5.74, 6) is -1.38. The lowest BCUT2D eigenvalue weighted by atomic mass is 10.2. The molecular weight excluding hydrogens is 294 g/mol. The van der Waals surface area contributed by atoms with E-state index >= 15 is 0 Å². The van der Waals surface area contributed by atoms with Gasteiger partial charge in [0.25, 0.3) is 0 Å². The molecule has 3 rings (SSSR count). The second-order valence-corrected chi connectivity index (χ2v) is 6.10. The lowest BCUT2D eigenvalue weighted by Gasteiger charge is -2.09. The highest BCUT2D eigenvalue weighted by molar-refractivity contribution is 7.11. The Morgan fingerprint density at radius 2 is 2.19 bits per heavy atom. The van der Waals surface area contributed by atoms with E-state index in [2.05, 4.69) is 10.3 Å². The lowest BCUT2D eigenvalue weighted by Crippen LogP contribution is -2.22. The monoisotopic (exact) mass is 310 g/mol. The van der Waals surface area contributed by atoms with E-state index in [1.54, 1.807) is 11.3 Å². The molecule has 1 N–H and O–H groups in total. The molecule has 6 heteroatoms. The van der Waals surface area contributed by atoms with Crippen molar-refractivity contribution in [3.63, 3.8) is 0 Å². The Morgan fingerprint density at radius 1 is 1.29 bits per heavy atom. The van der Waals surface area contributed by atoms with E-state index in [4.69, 9.17) is 4.74 Å². The fraction of sp³-hybridized carbons (Fsp3) is 0.400. The molecule has 21 heavy (non-hydrogen) atoms. The first-order valence-electron chi connectivity index (χ1n) is 6.98. The van der Waals surface area contributed by atoms with Crippen LogP contribution in [0.25, 0.3) is 0 Å². The number of nitrogens with zero attached hydrogens (tertiary/aromatic N) is 1. The number of nitrogens with one attached hydrogen (secondary N) is 1. The van der Waals surface area contributed by atoms with Gasteiger partial charge in [-0.05, 0) is 18.6 Å². The first-order chi connectivity index (χ1) is 10.2. The van der Waals surface area contributed by atoms with Crippen molar-refractivity contribution in [3.05, 3.63) is 45.4 Å². The van der Waals surface area contributed by atoms with Crippen LogP contribution in [0.3, 0.4) is 0 Å². The molecule has 112 valence electrons. The summed E-state index contributed by atoms with van der Waals surface area (Å²) in [6.07, 6.45) is 2.65. The second-order valence-electron chi connectivity index (χ2n) is 4.93. The van der Waals surface area contributed by atoms with Crippen LogP contribution in [0.15, 0.2) is 18.2 Å². The fourth-order valence-electron chi connectivity index (χ4n) is 2.27. The van der Waals surface area contributed by atoms with Gasteiger partial charge in [0, 0.05) is 36.9 Å². The highest BCUT2D eigenvalue weighted by Crippen LogP contribution is 2.22. The molecule has 0 spiro atoms. The van der Waals surface area contributed by atoms with Crippen LogP contribution in [-0.2, 0) is 19.4 Å². The van der Waals surface area contributed by atoms with Crippen LogP contribution in [-0.4, -0.2) is 18.1 Å². The summed E-state index contributed by atoms with van der Waals surface area (Å²) in [4.78, 5) is 5.97. The van der Waals surface area contributed by atoms with Gasteiger partial charge in [-0.2, -0.15) is 0 Å². The molecule has 0 fully saturated rings. The van der Waals surface area contributed by atoms with Gasteiger partial charge >= 0.3 is 0 Å². The van der Waals surface area contributed by atoms with Crippen molar-refractivity contribution in [2.24, 2.45) is 0 Å². The zero-order chi connectivity index (χ0) is 14.7. The van der Waals surface area contributed by atoms with Gasteiger partial charge in [-0.25, -0.2) is 13.8 Å². The van der Waals surface area contributed by atoms with Crippen LogP contribution in [0.2, 0.25) is 0 Å². The topological polar surface area (TPSA) is 34.1 Å². The number of fused-ring (bicyclic) bond motifs is 1. The standard InChI is InChI=1S/C15H16F2N2OS/c16-11-4-3-10(8-12(11)17)20-7-1-2-15-19-13-5-6-18-9-14(13)21-15/h3-4,8,18H,1-2,5-7,9H2. The predicted octanol–water partition coefficient (Wildman–Crippen LogP) is 3.08. The molecule has 0 saturated heterocycles.